The van der Waals surface area contributed by atoms with Crippen molar-refractivity contribution < 1.29 is 34.1 Å². The minimum absolute atomic E-state index is 0.187. The van der Waals surface area contributed by atoms with Crippen LogP contribution in [0.25, 0.3) is 0 Å². The van der Waals surface area contributed by atoms with Crippen molar-refractivity contribution in [3.8, 4) is 5.75 Å². The smallest absolute Gasteiger partial charge is 0.310 e. The normalized spacial score (nSPS) is 30.8. The van der Waals surface area contributed by atoms with Crippen LogP contribution in [0, 0.1) is 11.8 Å². The molecule has 3 saturated heterocycles. The molecule has 3 aliphatic heterocycles. The van der Waals surface area contributed by atoms with Gasteiger partial charge in [-0.2, -0.15) is 0 Å². The molecule has 0 radical (unpaired) electrons. The summed E-state index contributed by atoms with van der Waals surface area (Å²) in [6.45, 7) is 5.44. The first-order valence-electron chi connectivity index (χ1n) is 11.2. The Morgan fingerprint density at radius 3 is 2.64 bits per heavy atom. The van der Waals surface area contributed by atoms with Crippen LogP contribution in [0.3, 0.4) is 0 Å². The molecule has 1 aromatic carbocycles. The van der Waals surface area contributed by atoms with E-state index in [2.05, 4.69) is 6.58 Å². The third-order valence-electron chi connectivity index (χ3n) is 7.29. The van der Waals surface area contributed by atoms with Gasteiger partial charge in [-0.05, 0) is 43.5 Å². The third-order valence-corrected chi connectivity index (χ3v) is 7.29. The summed E-state index contributed by atoms with van der Waals surface area (Å²) in [5.41, 5.74) is -0.636. The number of anilines is 1. The highest BCUT2D eigenvalue weighted by Crippen LogP contribution is 2.59. The maximum atomic E-state index is 14.1. The summed E-state index contributed by atoms with van der Waals surface area (Å²) in [6.07, 6.45) is 2.29. The van der Waals surface area contributed by atoms with Crippen LogP contribution in [0.15, 0.2) is 36.9 Å². The molecule has 9 heteroatoms. The number of nitrogens with zero attached hydrogens (tertiary/aromatic N) is 2. The average Bonchev–Trinajstić information content (AvgIpc) is 3.46. The fourth-order valence-corrected chi connectivity index (χ4v) is 5.82. The SMILES string of the molecule is C=CCN(C(=O)[C@@H]1N([C@@H](CC)CO)C(=O)[C@H]2[C@H](C(=O)O)[C@@H]3CC[C@]12O3)c1ccc(OC)cc1. The number of carboxylic acids is 1. The summed E-state index contributed by atoms with van der Waals surface area (Å²) in [5.74, 6) is -3.23. The van der Waals surface area contributed by atoms with Crippen LogP contribution >= 0.6 is 0 Å². The van der Waals surface area contributed by atoms with Crippen molar-refractivity contribution in [1.82, 2.24) is 4.90 Å². The van der Waals surface area contributed by atoms with Crippen LogP contribution in [0.1, 0.15) is 26.2 Å². The highest BCUT2D eigenvalue weighted by molar-refractivity contribution is 6.04. The van der Waals surface area contributed by atoms with Crippen LogP contribution in [0.5, 0.6) is 5.75 Å². The van der Waals surface area contributed by atoms with Gasteiger partial charge in [-0.25, -0.2) is 0 Å². The fraction of sp³-hybridized carbons (Fsp3) is 0.542. The van der Waals surface area contributed by atoms with Crippen molar-refractivity contribution in [2.45, 2.75) is 50.0 Å². The molecular formula is C24H30N2O7. The van der Waals surface area contributed by atoms with Gasteiger partial charge in [0, 0.05) is 12.2 Å². The number of amides is 2. The molecule has 3 fully saturated rings. The second-order valence-electron chi connectivity index (χ2n) is 8.82. The Morgan fingerprint density at radius 1 is 1.39 bits per heavy atom. The van der Waals surface area contributed by atoms with E-state index in [0.29, 0.717) is 30.7 Å². The molecule has 0 aromatic heterocycles. The van der Waals surface area contributed by atoms with E-state index >= 15 is 0 Å². The van der Waals surface area contributed by atoms with Gasteiger partial charge in [0.05, 0.1) is 37.7 Å². The second kappa shape index (κ2) is 8.79. The van der Waals surface area contributed by atoms with Crippen molar-refractivity contribution in [1.29, 1.82) is 0 Å². The number of aliphatic hydroxyl groups is 1. The molecule has 1 spiro atoms. The van der Waals surface area contributed by atoms with Gasteiger partial charge >= 0.3 is 5.97 Å². The molecule has 178 valence electrons. The summed E-state index contributed by atoms with van der Waals surface area (Å²) in [4.78, 5) is 42.7. The lowest BCUT2D eigenvalue weighted by atomic mass is 9.70. The lowest BCUT2D eigenvalue weighted by molar-refractivity contribution is -0.151. The largest absolute Gasteiger partial charge is 0.497 e. The topological polar surface area (TPSA) is 117 Å². The van der Waals surface area contributed by atoms with Gasteiger partial charge < -0.3 is 29.5 Å². The van der Waals surface area contributed by atoms with Gasteiger partial charge in [0.25, 0.3) is 5.91 Å². The van der Waals surface area contributed by atoms with Gasteiger partial charge in [-0.15, -0.1) is 6.58 Å². The molecule has 0 unspecified atom stereocenters. The van der Waals surface area contributed by atoms with E-state index in [-0.39, 0.29) is 19.1 Å². The number of carboxylic acid groups (broad SMARTS) is 1. The Labute approximate surface area is 192 Å². The Balaban J connectivity index is 1.80. The third kappa shape index (κ3) is 3.41. The number of aliphatic hydroxyl groups excluding tert-OH is 1. The zero-order valence-corrected chi connectivity index (χ0v) is 18.8. The van der Waals surface area contributed by atoms with Crippen molar-refractivity contribution in [3.63, 3.8) is 0 Å². The van der Waals surface area contributed by atoms with Crippen molar-refractivity contribution in [2.24, 2.45) is 11.8 Å². The Hall–Kier alpha value is -2.91. The van der Waals surface area contributed by atoms with Crippen molar-refractivity contribution in [2.75, 3.05) is 25.2 Å². The Morgan fingerprint density at radius 2 is 2.09 bits per heavy atom. The number of methoxy groups -OCH3 is 1. The molecule has 6 atom stereocenters. The molecule has 33 heavy (non-hydrogen) atoms. The fourth-order valence-electron chi connectivity index (χ4n) is 5.82. The van der Waals surface area contributed by atoms with Gasteiger partial charge in [-0.1, -0.05) is 13.0 Å². The van der Waals surface area contributed by atoms with E-state index in [9.17, 15) is 24.6 Å². The van der Waals surface area contributed by atoms with E-state index in [1.165, 1.54) is 9.80 Å². The molecule has 3 aliphatic rings. The van der Waals surface area contributed by atoms with Gasteiger partial charge in [0.15, 0.2) is 0 Å². The molecule has 1 aromatic rings. The standard InChI is InChI=1S/C24H30N2O7/c1-4-12-25(15-6-8-16(32-3)9-7-15)22(29)20-24-11-10-17(33-24)18(23(30)31)19(24)21(28)26(20)14(5-2)13-27/h4,6-9,14,17-20,27H,1,5,10-13H2,2-3H3,(H,30,31)/t14-,17-,18+,19+,20-,24+/m0/s1. The van der Waals surface area contributed by atoms with Crippen LogP contribution in [-0.2, 0) is 19.1 Å². The molecule has 2 amide bonds. The Kier molecular flexibility index (Phi) is 6.20. The number of hydrogen-bond acceptors (Lipinski definition) is 6. The summed E-state index contributed by atoms with van der Waals surface area (Å²) in [6, 6.07) is 5.30. The molecule has 3 heterocycles. The van der Waals surface area contributed by atoms with Crippen molar-refractivity contribution in [3.05, 3.63) is 36.9 Å². The lowest BCUT2D eigenvalue weighted by Crippen LogP contribution is -2.59. The minimum Gasteiger partial charge on any atom is -0.497 e. The first kappa shape index (κ1) is 23.3. The lowest BCUT2D eigenvalue weighted by Gasteiger charge is -2.39. The number of likely N-dealkylation sites (tertiary alicyclic amines) is 1. The van der Waals surface area contributed by atoms with E-state index in [1.807, 2.05) is 6.92 Å². The number of carbonyl (C=O) groups excluding carboxylic acids is 2. The maximum Gasteiger partial charge on any atom is 0.310 e. The number of hydrogen-bond donors (Lipinski definition) is 2. The highest BCUT2D eigenvalue weighted by Gasteiger charge is 2.75. The molecule has 9 nitrogen and oxygen atoms in total. The van der Waals surface area contributed by atoms with Gasteiger partial charge in [-0.3, -0.25) is 14.4 Å². The van der Waals surface area contributed by atoms with E-state index < -0.39 is 47.5 Å². The molecular weight excluding hydrogens is 428 g/mol. The monoisotopic (exact) mass is 458 g/mol. The van der Waals surface area contributed by atoms with Crippen LogP contribution in [-0.4, -0.2) is 76.9 Å². The van der Waals surface area contributed by atoms with Crippen LogP contribution in [0.4, 0.5) is 5.69 Å². The van der Waals surface area contributed by atoms with Gasteiger partial charge in [0.2, 0.25) is 5.91 Å². The number of benzene rings is 1. The van der Waals surface area contributed by atoms with Crippen molar-refractivity contribution >= 4 is 23.5 Å². The number of rotatable bonds is 9. The van der Waals surface area contributed by atoms with Crippen LogP contribution in [0.2, 0.25) is 0 Å². The Bertz CT molecular complexity index is 945. The summed E-state index contributed by atoms with van der Waals surface area (Å²) < 4.78 is 11.4. The summed E-state index contributed by atoms with van der Waals surface area (Å²) in [7, 11) is 1.55. The predicted molar refractivity (Wildman–Crippen MR) is 119 cm³/mol. The zero-order valence-electron chi connectivity index (χ0n) is 18.8. The number of carbonyl (C=O) groups is 3. The number of fused-ring (bicyclic) bond motifs is 1. The molecule has 0 aliphatic carbocycles. The predicted octanol–water partition coefficient (Wildman–Crippen LogP) is 1.44. The molecule has 0 saturated carbocycles. The summed E-state index contributed by atoms with van der Waals surface area (Å²) >= 11 is 0. The first-order chi connectivity index (χ1) is 15.8. The number of aliphatic carboxylic acids is 1. The van der Waals surface area contributed by atoms with Crippen LogP contribution < -0.4 is 9.64 Å². The van der Waals surface area contributed by atoms with E-state index in [1.54, 1.807) is 37.5 Å². The maximum absolute atomic E-state index is 14.1. The quantitative estimate of drug-likeness (QED) is 0.538. The number of ether oxygens (including phenoxy) is 2. The highest BCUT2D eigenvalue weighted by atomic mass is 16.5. The summed E-state index contributed by atoms with van der Waals surface area (Å²) in [5, 5.41) is 19.9. The minimum atomic E-state index is -1.23. The molecule has 2 N–H and O–H groups in total. The average molecular weight is 459 g/mol. The van der Waals surface area contributed by atoms with E-state index in [4.69, 9.17) is 9.47 Å². The van der Waals surface area contributed by atoms with Gasteiger partial charge in [0.1, 0.15) is 17.4 Å². The second-order valence-corrected chi connectivity index (χ2v) is 8.82. The molecule has 4 rings (SSSR count). The molecule has 2 bridgehead atoms. The zero-order chi connectivity index (χ0) is 23.9. The first-order valence-corrected chi connectivity index (χ1v) is 11.2. The van der Waals surface area contributed by atoms with E-state index in [0.717, 1.165) is 0 Å².